The molecule has 2 heteroatoms. The van der Waals surface area contributed by atoms with E-state index in [9.17, 15) is 0 Å². The van der Waals surface area contributed by atoms with E-state index >= 15 is 0 Å². The molecule has 0 aromatic rings. The molecule has 1 atom stereocenters. The van der Waals surface area contributed by atoms with E-state index < -0.39 is 0 Å². The van der Waals surface area contributed by atoms with Gasteiger partial charge in [0.25, 0.3) is 0 Å². The van der Waals surface area contributed by atoms with Crippen LogP contribution in [0, 0.1) is 0 Å². The van der Waals surface area contributed by atoms with Gasteiger partial charge in [-0.2, -0.15) is 12.6 Å². The maximum atomic E-state index is 4.28. The fourth-order valence-electron chi connectivity index (χ4n) is 0.565. The Labute approximate surface area is 77.6 Å². The van der Waals surface area contributed by atoms with Crippen molar-refractivity contribution in [1.29, 1.82) is 0 Å². The van der Waals surface area contributed by atoms with Gasteiger partial charge < -0.3 is 4.90 Å². The molecule has 0 aliphatic carbocycles. The lowest BCUT2D eigenvalue weighted by atomic mass is 10.3. The molecule has 0 saturated carbocycles. The summed E-state index contributed by atoms with van der Waals surface area (Å²) in [7, 11) is 2.14. The Hall–Kier alpha value is 0.310. The lowest BCUT2D eigenvalue weighted by Crippen LogP contribution is -2.20. The van der Waals surface area contributed by atoms with Crippen molar-refractivity contribution in [1.82, 2.24) is 4.90 Å². The predicted molar refractivity (Wildman–Crippen MR) is 57.6 cm³/mol. The number of hydrogen-bond donors (Lipinski definition) is 1. The number of nitrogens with zero attached hydrogens (tertiary/aromatic N) is 1. The Morgan fingerprint density at radius 2 is 1.82 bits per heavy atom. The number of hydrogen-bond acceptors (Lipinski definition) is 2. The maximum absolute atomic E-state index is 4.28. The normalized spacial score (nSPS) is 12.3. The van der Waals surface area contributed by atoms with Crippen LogP contribution in [0.25, 0.3) is 0 Å². The maximum Gasteiger partial charge on any atom is 0.0000571 e. The molecular weight excluding hydrogens is 154 g/mol. The molecule has 0 radical (unpaired) electrons. The van der Waals surface area contributed by atoms with E-state index in [4.69, 9.17) is 0 Å². The van der Waals surface area contributed by atoms with Gasteiger partial charge in [-0.3, -0.25) is 0 Å². The van der Waals surface area contributed by atoms with Crippen LogP contribution < -0.4 is 0 Å². The fraction of sp³-hybridized carbons (Fsp3) is 1.00. The van der Waals surface area contributed by atoms with Crippen LogP contribution in [0.2, 0.25) is 0 Å². The molecule has 11 heavy (non-hydrogen) atoms. The van der Waals surface area contributed by atoms with Crippen LogP contribution in [0.1, 0.15) is 34.1 Å². The van der Waals surface area contributed by atoms with Crippen molar-refractivity contribution in [2.75, 3.05) is 20.1 Å². The Balaban J connectivity index is 0. The van der Waals surface area contributed by atoms with Gasteiger partial charge in [-0.1, -0.05) is 27.7 Å². The van der Waals surface area contributed by atoms with Gasteiger partial charge >= 0.3 is 0 Å². The second-order valence-corrected chi connectivity index (χ2v) is 3.42. The minimum atomic E-state index is 0.541. The van der Waals surface area contributed by atoms with Gasteiger partial charge in [-0.05, 0) is 26.6 Å². The molecule has 0 aliphatic rings. The van der Waals surface area contributed by atoms with Crippen LogP contribution in [0.5, 0.6) is 0 Å². The van der Waals surface area contributed by atoms with Crippen molar-refractivity contribution in [3.05, 3.63) is 0 Å². The highest BCUT2D eigenvalue weighted by atomic mass is 32.1. The highest BCUT2D eigenvalue weighted by molar-refractivity contribution is 7.80. The highest BCUT2D eigenvalue weighted by Gasteiger charge is 1.96. The van der Waals surface area contributed by atoms with Crippen LogP contribution in [-0.2, 0) is 0 Å². The summed E-state index contributed by atoms with van der Waals surface area (Å²) in [6, 6.07) is 0. The molecule has 0 aromatic heterocycles. The summed E-state index contributed by atoms with van der Waals surface area (Å²) in [5.41, 5.74) is 0. The van der Waals surface area contributed by atoms with Crippen molar-refractivity contribution < 1.29 is 0 Å². The third kappa shape index (κ3) is 13.3. The van der Waals surface area contributed by atoms with Crippen molar-refractivity contribution >= 4 is 12.6 Å². The van der Waals surface area contributed by atoms with E-state index in [1.807, 2.05) is 13.8 Å². The Morgan fingerprint density at radius 3 is 2.09 bits per heavy atom. The van der Waals surface area contributed by atoms with Crippen molar-refractivity contribution in [2.24, 2.45) is 0 Å². The van der Waals surface area contributed by atoms with Gasteiger partial charge in [0.1, 0.15) is 0 Å². The average molecular weight is 177 g/mol. The molecule has 1 unspecified atom stereocenters. The van der Waals surface area contributed by atoms with E-state index in [2.05, 4.69) is 38.4 Å². The van der Waals surface area contributed by atoms with E-state index in [0.29, 0.717) is 5.25 Å². The van der Waals surface area contributed by atoms with Gasteiger partial charge in [0.15, 0.2) is 0 Å². The number of rotatable bonds is 4. The first-order valence-electron chi connectivity index (χ1n) is 4.53. The second kappa shape index (κ2) is 10.3. The first kappa shape index (κ1) is 13.9. The Bertz CT molecular complexity index is 64.6. The summed E-state index contributed by atoms with van der Waals surface area (Å²) in [4.78, 5) is 2.30. The van der Waals surface area contributed by atoms with Crippen LogP contribution in [0.4, 0.5) is 0 Å². The van der Waals surface area contributed by atoms with Gasteiger partial charge in [0.05, 0.1) is 0 Å². The van der Waals surface area contributed by atoms with Crippen molar-refractivity contribution in [3.8, 4) is 0 Å². The molecule has 0 rings (SSSR count). The second-order valence-electron chi connectivity index (χ2n) is 2.53. The minimum Gasteiger partial charge on any atom is -0.307 e. The van der Waals surface area contributed by atoms with E-state index in [-0.39, 0.29) is 0 Å². The molecule has 70 valence electrons. The van der Waals surface area contributed by atoms with E-state index in [1.165, 1.54) is 13.0 Å². The van der Waals surface area contributed by atoms with Gasteiger partial charge in [-0.15, -0.1) is 0 Å². The largest absolute Gasteiger partial charge is 0.307 e. The Morgan fingerprint density at radius 1 is 1.36 bits per heavy atom. The van der Waals surface area contributed by atoms with Gasteiger partial charge in [0.2, 0.25) is 0 Å². The van der Waals surface area contributed by atoms with Crippen molar-refractivity contribution in [2.45, 2.75) is 39.4 Å². The molecule has 1 nitrogen and oxygen atoms in total. The monoisotopic (exact) mass is 177 g/mol. The fourth-order valence-corrected chi connectivity index (χ4v) is 0.681. The molecule has 0 spiro atoms. The predicted octanol–water partition coefficient (Wildman–Crippen LogP) is 2.67. The highest BCUT2D eigenvalue weighted by Crippen LogP contribution is 1.99. The first-order valence-corrected chi connectivity index (χ1v) is 5.05. The van der Waals surface area contributed by atoms with Crippen LogP contribution >= 0.6 is 12.6 Å². The third-order valence-electron chi connectivity index (χ3n) is 1.47. The minimum absolute atomic E-state index is 0.541. The lowest BCUT2D eigenvalue weighted by Gasteiger charge is -2.14. The molecule has 0 aliphatic heterocycles. The van der Waals surface area contributed by atoms with Gasteiger partial charge in [0, 0.05) is 5.25 Å². The summed E-state index contributed by atoms with van der Waals surface area (Å²) in [5, 5.41) is 0.541. The molecule has 0 amide bonds. The molecule has 0 bridgehead atoms. The number of thiol groups is 1. The molecular formula is C9H23NS. The zero-order valence-electron chi connectivity index (χ0n) is 8.59. The quantitative estimate of drug-likeness (QED) is 0.646. The molecule has 0 saturated heterocycles. The summed E-state index contributed by atoms with van der Waals surface area (Å²) in [6.45, 7) is 10.6. The standard InChI is InChI=1S/C7H17NS.C2H6/c1-4-8(3)6-5-7(2)9;1-2/h7,9H,4-6H2,1-3H3;1-2H3. The Kier molecular flexibility index (Phi) is 13.0. The van der Waals surface area contributed by atoms with Crippen LogP contribution in [-0.4, -0.2) is 30.3 Å². The average Bonchev–Trinajstić information content (AvgIpc) is 2.04. The van der Waals surface area contributed by atoms with Crippen LogP contribution in [0.15, 0.2) is 0 Å². The lowest BCUT2D eigenvalue weighted by molar-refractivity contribution is 0.348. The topological polar surface area (TPSA) is 3.24 Å². The van der Waals surface area contributed by atoms with E-state index in [0.717, 1.165) is 6.54 Å². The summed E-state index contributed by atoms with van der Waals surface area (Å²) in [5.74, 6) is 0. The zero-order valence-corrected chi connectivity index (χ0v) is 9.49. The third-order valence-corrected chi connectivity index (χ3v) is 1.73. The zero-order chi connectivity index (χ0) is 9.28. The molecule has 0 N–H and O–H groups in total. The van der Waals surface area contributed by atoms with Crippen molar-refractivity contribution in [3.63, 3.8) is 0 Å². The summed E-state index contributed by atoms with van der Waals surface area (Å²) < 4.78 is 0. The molecule has 0 heterocycles. The van der Waals surface area contributed by atoms with E-state index in [1.54, 1.807) is 0 Å². The summed E-state index contributed by atoms with van der Waals surface area (Å²) in [6.07, 6.45) is 1.19. The summed E-state index contributed by atoms with van der Waals surface area (Å²) >= 11 is 4.28. The van der Waals surface area contributed by atoms with Gasteiger partial charge in [-0.25, -0.2) is 0 Å². The SMILES string of the molecule is CC.CCN(C)CCC(C)S. The molecule has 0 fully saturated rings. The van der Waals surface area contributed by atoms with Crippen LogP contribution in [0.3, 0.4) is 0 Å². The molecule has 0 aromatic carbocycles. The first-order chi connectivity index (χ1) is 5.16. The smallest absolute Gasteiger partial charge is 0.0000571 e.